The Bertz CT molecular complexity index is 1440. The van der Waals surface area contributed by atoms with Gasteiger partial charge < -0.3 is 4.90 Å². The molecule has 1 unspecified atom stereocenters. The van der Waals surface area contributed by atoms with Crippen LogP contribution in [0.5, 0.6) is 0 Å². The highest BCUT2D eigenvalue weighted by Crippen LogP contribution is 2.49. The van der Waals surface area contributed by atoms with Gasteiger partial charge in [0.25, 0.3) is 0 Å². The van der Waals surface area contributed by atoms with Crippen molar-refractivity contribution >= 4 is 23.5 Å². The molecule has 0 spiro atoms. The van der Waals surface area contributed by atoms with Gasteiger partial charge in [0.1, 0.15) is 5.82 Å². The van der Waals surface area contributed by atoms with E-state index in [2.05, 4.69) is 35.1 Å². The van der Waals surface area contributed by atoms with E-state index < -0.39 is 0 Å². The third kappa shape index (κ3) is 5.38. The Balaban J connectivity index is 1.26. The van der Waals surface area contributed by atoms with Gasteiger partial charge >= 0.3 is 0 Å². The zero-order chi connectivity index (χ0) is 26.1. The first-order valence-electron chi connectivity index (χ1n) is 13.1. The number of carbonyl (C=O) groups excluding carboxylic acids is 1. The van der Waals surface area contributed by atoms with Gasteiger partial charge in [-0.05, 0) is 109 Å². The molecule has 1 N–H and O–H groups in total. The fourth-order valence-corrected chi connectivity index (χ4v) is 6.20. The molecular formula is C32H30FN3OS. The monoisotopic (exact) mass is 523 g/mol. The first kappa shape index (κ1) is 24.8. The van der Waals surface area contributed by atoms with Gasteiger partial charge in [-0.15, -0.1) is 0 Å². The third-order valence-corrected chi connectivity index (χ3v) is 8.43. The Hall–Kier alpha value is -3.48. The summed E-state index contributed by atoms with van der Waals surface area (Å²) in [6, 6.07) is 29.4. The molecule has 2 aliphatic rings. The second-order valence-corrected chi connectivity index (χ2v) is 11.1. The van der Waals surface area contributed by atoms with Crippen LogP contribution in [0.15, 0.2) is 95.9 Å². The Morgan fingerprint density at radius 2 is 1.84 bits per heavy atom. The minimum atomic E-state index is -0.233. The van der Waals surface area contributed by atoms with E-state index in [0.29, 0.717) is 6.54 Å². The number of benzene rings is 3. The zero-order valence-corrected chi connectivity index (χ0v) is 22.1. The first-order chi connectivity index (χ1) is 18.5. The molecule has 192 valence electrons. The maximum atomic E-state index is 13.9. The minimum absolute atomic E-state index is 0.0154. The number of halogens is 1. The zero-order valence-electron chi connectivity index (χ0n) is 21.3. The quantitative estimate of drug-likeness (QED) is 0.249. The Morgan fingerprint density at radius 3 is 2.63 bits per heavy atom. The molecular weight excluding hydrogens is 493 g/mol. The van der Waals surface area contributed by atoms with Crippen LogP contribution >= 0.6 is 11.9 Å². The maximum Gasteiger partial charge on any atom is 0.231 e. The van der Waals surface area contributed by atoms with E-state index >= 15 is 0 Å². The fraction of sp³-hybridized carbons (Fsp3) is 0.250. The molecule has 4 aromatic rings. The number of fused-ring (bicyclic) bond motifs is 1. The molecule has 0 saturated heterocycles. The lowest BCUT2D eigenvalue weighted by Crippen LogP contribution is -2.32. The van der Waals surface area contributed by atoms with Crippen molar-refractivity contribution in [3.63, 3.8) is 0 Å². The van der Waals surface area contributed by atoms with E-state index in [1.165, 1.54) is 40.8 Å². The molecule has 0 bridgehead atoms. The van der Waals surface area contributed by atoms with Crippen LogP contribution < -0.4 is 9.62 Å². The van der Waals surface area contributed by atoms with Crippen LogP contribution in [-0.2, 0) is 17.8 Å². The van der Waals surface area contributed by atoms with Crippen molar-refractivity contribution in [3.05, 3.63) is 125 Å². The molecule has 3 atom stereocenters. The smallest absolute Gasteiger partial charge is 0.231 e. The number of rotatable bonds is 8. The summed E-state index contributed by atoms with van der Waals surface area (Å²) in [5.41, 5.74) is 6.51. The normalized spacial score (nSPS) is 19.7. The number of hydrogen-bond acceptors (Lipinski definition) is 4. The highest BCUT2D eigenvalue weighted by molar-refractivity contribution is 7.97. The number of amides is 1. The van der Waals surface area contributed by atoms with Gasteiger partial charge in [-0.1, -0.05) is 42.5 Å². The van der Waals surface area contributed by atoms with Crippen LogP contribution in [0.4, 0.5) is 10.1 Å². The van der Waals surface area contributed by atoms with Gasteiger partial charge in [0.15, 0.2) is 0 Å². The number of anilines is 1. The van der Waals surface area contributed by atoms with E-state index in [4.69, 9.17) is 4.98 Å². The maximum absolute atomic E-state index is 13.9. The van der Waals surface area contributed by atoms with Gasteiger partial charge in [-0.2, -0.15) is 0 Å². The van der Waals surface area contributed by atoms with E-state index in [1.54, 1.807) is 12.1 Å². The summed E-state index contributed by atoms with van der Waals surface area (Å²) in [7, 11) is 0. The number of aryl methyl sites for hydroxylation is 2. The molecule has 6 rings (SSSR count). The van der Waals surface area contributed by atoms with Crippen LogP contribution in [-0.4, -0.2) is 10.9 Å². The Morgan fingerprint density at radius 1 is 1.03 bits per heavy atom. The highest BCUT2D eigenvalue weighted by Gasteiger charge is 2.46. The van der Waals surface area contributed by atoms with Crippen molar-refractivity contribution in [2.24, 2.45) is 5.92 Å². The molecule has 1 saturated carbocycles. The summed E-state index contributed by atoms with van der Waals surface area (Å²) in [5.74, 6) is 0.180. The summed E-state index contributed by atoms with van der Waals surface area (Å²) < 4.78 is 16.9. The molecule has 1 fully saturated rings. The Kier molecular flexibility index (Phi) is 7.00. The van der Waals surface area contributed by atoms with Gasteiger partial charge in [0.2, 0.25) is 5.91 Å². The number of pyridine rings is 1. The molecule has 2 aliphatic carbocycles. The van der Waals surface area contributed by atoms with Gasteiger partial charge in [-0.3, -0.25) is 14.5 Å². The predicted molar refractivity (Wildman–Crippen MR) is 150 cm³/mol. The lowest BCUT2D eigenvalue weighted by Gasteiger charge is -2.25. The van der Waals surface area contributed by atoms with Crippen molar-refractivity contribution in [1.29, 1.82) is 0 Å². The first-order valence-corrected chi connectivity index (χ1v) is 14.0. The van der Waals surface area contributed by atoms with Gasteiger partial charge in [-0.25, -0.2) is 4.39 Å². The average molecular weight is 524 g/mol. The summed E-state index contributed by atoms with van der Waals surface area (Å²) in [6.45, 7) is 2.42. The number of aromatic nitrogens is 1. The molecule has 4 nitrogen and oxygen atoms in total. The summed E-state index contributed by atoms with van der Waals surface area (Å²) in [4.78, 5) is 21.5. The van der Waals surface area contributed by atoms with E-state index in [9.17, 15) is 9.18 Å². The van der Waals surface area contributed by atoms with Crippen LogP contribution in [0.2, 0.25) is 0 Å². The van der Waals surface area contributed by atoms with Crippen LogP contribution in [0.1, 0.15) is 52.9 Å². The van der Waals surface area contributed by atoms with Crippen molar-refractivity contribution in [3.8, 4) is 0 Å². The SMILES string of the molecule is Cc1cccc(CN(C(=O)[C@H]2CC2c2ccccc2)c2ccc3c(c2)[C@H](NSc2ccc(F)cc2)CC3)n1. The molecule has 0 radical (unpaired) electrons. The number of nitrogens with one attached hydrogen (secondary N) is 1. The molecule has 0 aliphatic heterocycles. The molecule has 1 aromatic heterocycles. The summed E-state index contributed by atoms with van der Waals surface area (Å²) in [6.07, 6.45) is 2.85. The van der Waals surface area contributed by atoms with Crippen molar-refractivity contribution in [2.45, 2.75) is 49.6 Å². The lowest BCUT2D eigenvalue weighted by atomic mass is 10.1. The predicted octanol–water partition coefficient (Wildman–Crippen LogP) is 7.15. The van der Waals surface area contributed by atoms with Crippen molar-refractivity contribution < 1.29 is 9.18 Å². The summed E-state index contributed by atoms with van der Waals surface area (Å²) >= 11 is 1.52. The molecule has 1 heterocycles. The number of nitrogens with zero attached hydrogens (tertiary/aromatic N) is 2. The molecule has 3 aromatic carbocycles. The number of carbonyl (C=O) groups is 1. The topological polar surface area (TPSA) is 45.2 Å². The van der Waals surface area contributed by atoms with Crippen LogP contribution in [0.3, 0.4) is 0 Å². The molecule has 1 amide bonds. The van der Waals surface area contributed by atoms with Crippen LogP contribution in [0.25, 0.3) is 0 Å². The second-order valence-electron chi connectivity index (χ2n) is 10.2. The standard InChI is InChI=1S/C32H30FN3OS/c1-21-6-5-9-25(34-21)20-36(32(37)30-19-28(30)22-7-3-2-4-8-22)26-14-10-23-11-17-31(29(23)18-26)35-38-27-15-12-24(33)13-16-27/h2-10,12-16,18,28,30-31,35H,11,17,19-20H2,1H3/t28?,30-,31+/m0/s1. The molecule has 6 heteroatoms. The van der Waals surface area contributed by atoms with E-state index in [0.717, 1.165) is 41.2 Å². The second kappa shape index (κ2) is 10.7. The Labute approximate surface area is 227 Å². The lowest BCUT2D eigenvalue weighted by molar-refractivity contribution is -0.120. The number of hydrogen-bond donors (Lipinski definition) is 1. The van der Waals surface area contributed by atoms with Crippen molar-refractivity contribution in [1.82, 2.24) is 9.71 Å². The van der Waals surface area contributed by atoms with Gasteiger partial charge in [0.05, 0.1) is 12.2 Å². The van der Waals surface area contributed by atoms with Gasteiger partial charge in [0, 0.05) is 28.2 Å². The van der Waals surface area contributed by atoms with Crippen LogP contribution in [0, 0.1) is 18.7 Å². The summed E-state index contributed by atoms with van der Waals surface area (Å²) in [5, 5.41) is 0. The highest BCUT2D eigenvalue weighted by atomic mass is 32.2. The third-order valence-electron chi connectivity index (χ3n) is 7.52. The average Bonchev–Trinajstić information content (AvgIpc) is 3.65. The largest absolute Gasteiger partial charge is 0.306 e. The minimum Gasteiger partial charge on any atom is -0.306 e. The van der Waals surface area contributed by atoms with Crippen molar-refractivity contribution in [2.75, 3.05) is 4.90 Å². The van der Waals surface area contributed by atoms with E-state index in [-0.39, 0.29) is 29.6 Å². The molecule has 38 heavy (non-hydrogen) atoms. The van der Waals surface area contributed by atoms with E-state index in [1.807, 2.05) is 48.2 Å². The fourth-order valence-electron chi connectivity index (χ4n) is 5.40.